The average Bonchev–Trinajstić information content (AvgIpc) is 2.59. The summed E-state index contributed by atoms with van der Waals surface area (Å²) in [4.78, 5) is 25.2. The van der Waals surface area contributed by atoms with Gasteiger partial charge in [-0.25, -0.2) is 8.42 Å². The van der Waals surface area contributed by atoms with Gasteiger partial charge in [-0.1, -0.05) is 17.7 Å². The summed E-state index contributed by atoms with van der Waals surface area (Å²) in [6.07, 6.45) is 0. The molecule has 25 heavy (non-hydrogen) atoms. The third-order valence-corrected chi connectivity index (χ3v) is 6.21. The van der Waals surface area contributed by atoms with E-state index >= 15 is 0 Å². The molecular weight excluding hydrogens is 346 g/mol. The molecule has 0 radical (unpaired) electrons. The second-order valence-corrected chi connectivity index (χ2v) is 8.24. The van der Waals surface area contributed by atoms with E-state index in [0.717, 1.165) is 5.56 Å². The molecule has 2 fully saturated rings. The van der Waals surface area contributed by atoms with Crippen molar-refractivity contribution in [3.8, 4) is 5.75 Å². The van der Waals surface area contributed by atoms with Crippen LogP contribution in [-0.2, 0) is 19.6 Å². The average molecular weight is 367 g/mol. The van der Waals surface area contributed by atoms with Crippen molar-refractivity contribution in [3.63, 3.8) is 0 Å². The first-order chi connectivity index (χ1) is 11.9. The van der Waals surface area contributed by atoms with Crippen LogP contribution in [0.1, 0.15) is 5.56 Å². The number of benzene rings is 1. The minimum absolute atomic E-state index is 0.00949. The van der Waals surface area contributed by atoms with Crippen LogP contribution in [0.3, 0.4) is 0 Å². The predicted octanol–water partition coefficient (Wildman–Crippen LogP) is -0.654. The van der Waals surface area contributed by atoms with Gasteiger partial charge < -0.3 is 15.0 Å². The van der Waals surface area contributed by atoms with Gasteiger partial charge in [0, 0.05) is 19.6 Å². The van der Waals surface area contributed by atoms with Crippen molar-refractivity contribution in [2.75, 3.05) is 38.5 Å². The Morgan fingerprint density at radius 2 is 1.92 bits per heavy atom. The van der Waals surface area contributed by atoms with Crippen molar-refractivity contribution < 1.29 is 22.7 Å². The second kappa shape index (κ2) is 7.01. The Kier molecular flexibility index (Phi) is 4.96. The van der Waals surface area contributed by atoms with Gasteiger partial charge >= 0.3 is 0 Å². The van der Waals surface area contributed by atoms with Gasteiger partial charge in [-0.3, -0.25) is 9.59 Å². The van der Waals surface area contributed by atoms with Gasteiger partial charge in [0.1, 0.15) is 18.4 Å². The molecule has 0 bridgehead atoms. The lowest BCUT2D eigenvalue weighted by atomic mass is 10.1. The van der Waals surface area contributed by atoms with Crippen LogP contribution in [-0.4, -0.2) is 74.0 Å². The fourth-order valence-corrected chi connectivity index (χ4v) is 4.22. The summed E-state index contributed by atoms with van der Waals surface area (Å²) in [6, 6.07) is 6.61. The van der Waals surface area contributed by atoms with Crippen LogP contribution in [0.25, 0.3) is 0 Å². The van der Waals surface area contributed by atoms with Crippen LogP contribution in [0.4, 0.5) is 0 Å². The molecule has 2 saturated heterocycles. The summed E-state index contributed by atoms with van der Waals surface area (Å²) >= 11 is 0. The first-order valence-electron chi connectivity index (χ1n) is 8.11. The maximum absolute atomic E-state index is 12.5. The van der Waals surface area contributed by atoms with Gasteiger partial charge in [-0.2, -0.15) is 4.31 Å². The van der Waals surface area contributed by atoms with E-state index in [4.69, 9.17) is 4.74 Å². The number of nitrogens with one attached hydrogen (secondary N) is 1. The second-order valence-electron chi connectivity index (χ2n) is 6.16. The highest BCUT2D eigenvalue weighted by molar-refractivity contribution is 7.89. The topological polar surface area (TPSA) is 96.0 Å². The Balaban J connectivity index is 1.58. The minimum atomic E-state index is -3.56. The number of fused-ring (bicyclic) bond motifs is 1. The van der Waals surface area contributed by atoms with E-state index in [1.165, 1.54) is 9.21 Å². The van der Waals surface area contributed by atoms with Crippen LogP contribution in [0.5, 0.6) is 5.75 Å². The van der Waals surface area contributed by atoms with Crippen LogP contribution in [0, 0.1) is 6.92 Å². The van der Waals surface area contributed by atoms with E-state index < -0.39 is 16.1 Å². The third kappa shape index (κ3) is 3.93. The molecule has 0 aromatic heterocycles. The molecule has 0 unspecified atom stereocenters. The Hall–Kier alpha value is -2.13. The van der Waals surface area contributed by atoms with Gasteiger partial charge in [0.2, 0.25) is 21.8 Å². The standard InChI is InChI=1S/C16H21N3O5S/c1-12-2-4-13(5-3-12)24-8-9-25(22,23)18-6-7-19-14(11-18)16(21)17-10-15(19)20/h2-5,14H,6-11H2,1H3,(H,17,21)/t14-/m1/s1. The van der Waals surface area contributed by atoms with Crippen LogP contribution in [0.15, 0.2) is 24.3 Å². The monoisotopic (exact) mass is 367 g/mol. The first kappa shape index (κ1) is 17.7. The molecular formula is C16H21N3O5S. The van der Waals surface area contributed by atoms with Crippen LogP contribution in [0.2, 0.25) is 0 Å². The van der Waals surface area contributed by atoms with Gasteiger partial charge in [-0.15, -0.1) is 0 Å². The number of amides is 2. The molecule has 1 N–H and O–H groups in total. The molecule has 136 valence electrons. The highest BCUT2D eigenvalue weighted by Crippen LogP contribution is 2.17. The van der Waals surface area contributed by atoms with E-state index in [1.54, 1.807) is 12.1 Å². The lowest BCUT2D eigenvalue weighted by Crippen LogP contribution is -2.66. The van der Waals surface area contributed by atoms with Gasteiger partial charge in [0.25, 0.3) is 0 Å². The van der Waals surface area contributed by atoms with E-state index in [0.29, 0.717) is 5.75 Å². The molecule has 9 heteroatoms. The number of carbonyl (C=O) groups is 2. The van der Waals surface area contributed by atoms with Crippen LogP contribution >= 0.6 is 0 Å². The van der Waals surface area contributed by atoms with E-state index in [1.807, 2.05) is 19.1 Å². The highest BCUT2D eigenvalue weighted by atomic mass is 32.2. The molecule has 3 rings (SSSR count). The molecule has 2 aliphatic rings. The molecule has 2 amide bonds. The van der Waals surface area contributed by atoms with Gasteiger partial charge in [0.05, 0.1) is 12.3 Å². The zero-order valence-corrected chi connectivity index (χ0v) is 14.8. The lowest BCUT2D eigenvalue weighted by Gasteiger charge is -2.42. The molecule has 2 heterocycles. The smallest absolute Gasteiger partial charge is 0.244 e. The SMILES string of the molecule is Cc1ccc(OCCS(=O)(=O)N2CCN3C(=O)CNC(=O)[C@H]3C2)cc1. The maximum atomic E-state index is 12.5. The number of aryl methyl sites for hydroxylation is 1. The summed E-state index contributed by atoms with van der Waals surface area (Å²) in [7, 11) is -3.56. The third-order valence-electron chi connectivity index (χ3n) is 4.40. The number of nitrogens with zero attached hydrogens (tertiary/aromatic N) is 2. The molecule has 0 spiro atoms. The quantitative estimate of drug-likeness (QED) is 0.746. The maximum Gasteiger partial charge on any atom is 0.244 e. The van der Waals surface area contributed by atoms with Crippen molar-refractivity contribution in [1.29, 1.82) is 0 Å². The molecule has 1 aromatic rings. The fraction of sp³-hybridized carbons (Fsp3) is 0.500. The van der Waals surface area contributed by atoms with Gasteiger partial charge in [-0.05, 0) is 19.1 Å². The summed E-state index contributed by atoms with van der Waals surface area (Å²) in [5, 5.41) is 2.50. The molecule has 2 aliphatic heterocycles. The summed E-state index contributed by atoms with van der Waals surface area (Å²) < 4.78 is 31.8. The van der Waals surface area contributed by atoms with Crippen molar-refractivity contribution in [3.05, 3.63) is 29.8 Å². The Morgan fingerprint density at radius 1 is 1.20 bits per heavy atom. The number of hydrogen-bond donors (Lipinski definition) is 1. The zero-order valence-electron chi connectivity index (χ0n) is 14.0. The number of hydrogen-bond acceptors (Lipinski definition) is 5. The first-order valence-corrected chi connectivity index (χ1v) is 9.72. The summed E-state index contributed by atoms with van der Waals surface area (Å²) in [5.41, 5.74) is 1.10. The minimum Gasteiger partial charge on any atom is -0.492 e. The largest absolute Gasteiger partial charge is 0.492 e. The van der Waals surface area contributed by atoms with Crippen molar-refractivity contribution in [2.24, 2.45) is 0 Å². The van der Waals surface area contributed by atoms with E-state index in [-0.39, 0.29) is 50.4 Å². The molecule has 8 nitrogen and oxygen atoms in total. The van der Waals surface area contributed by atoms with Crippen molar-refractivity contribution in [1.82, 2.24) is 14.5 Å². The number of ether oxygens (including phenoxy) is 1. The predicted molar refractivity (Wildman–Crippen MR) is 90.5 cm³/mol. The number of carbonyl (C=O) groups excluding carboxylic acids is 2. The zero-order chi connectivity index (χ0) is 18.0. The lowest BCUT2D eigenvalue weighted by molar-refractivity contribution is -0.147. The fourth-order valence-electron chi connectivity index (χ4n) is 2.94. The molecule has 1 atom stereocenters. The number of piperazine rings is 2. The number of rotatable bonds is 5. The summed E-state index contributed by atoms with van der Waals surface area (Å²) in [5.74, 6) is -0.0500. The normalized spacial score (nSPS) is 21.6. The van der Waals surface area contributed by atoms with E-state index in [9.17, 15) is 18.0 Å². The van der Waals surface area contributed by atoms with E-state index in [2.05, 4.69) is 5.32 Å². The number of sulfonamides is 1. The Morgan fingerprint density at radius 3 is 2.64 bits per heavy atom. The Bertz CT molecular complexity index is 762. The van der Waals surface area contributed by atoms with Crippen molar-refractivity contribution in [2.45, 2.75) is 13.0 Å². The van der Waals surface area contributed by atoms with Crippen molar-refractivity contribution >= 4 is 21.8 Å². The molecule has 0 saturated carbocycles. The highest BCUT2D eigenvalue weighted by Gasteiger charge is 2.41. The molecule has 0 aliphatic carbocycles. The van der Waals surface area contributed by atoms with Crippen LogP contribution < -0.4 is 10.1 Å². The Labute approximate surface area is 146 Å². The summed E-state index contributed by atoms with van der Waals surface area (Å²) in [6.45, 7) is 2.38. The van der Waals surface area contributed by atoms with Gasteiger partial charge in [0.15, 0.2) is 0 Å². The molecule has 1 aromatic carbocycles.